The van der Waals surface area contributed by atoms with Crippen LogP contribution in [0.2, 0.25) is 0 Å². The number of hydrogen-bond donors (Lipinski definition) is 4. The van der Waals surface area contributed by atoms with Gasteiger partial charge in [0.15, 0.2) is 0 Å². The van der Waals surface area contributed by atoms with Crippen LogP contribution < -0.4 is 16.9 Å². The third-order valence-corrected chi connectivity index (χ3v) is 4.90. The molecule has 6 N–H and O–H groups in total. The molecule has 0 aromatic rings. The molecule has 0 radical (unpaired) electrons. The van der Waals surface area contributed by atoms with Crippen molar-refractivity contribution in [2.24, 2.45) is 16.6 Å². The van der Waals surface area contributed by atoms with Crippen LogP contribution in [0.1, 0.15) is 61.8 Å². The Bertz CT molecular complexity index is 1110. The van der Waals surface area contributed by atoms with Crippen LogP contribution in [-0.4, -0.2) is 29.2 Å². The number of nitriles is 1. The van der Waals surface area contributed by atoms with Crippen LogP contribution in [-0.2, 0) is 4.74 Å². The highest BCUT2D eigenvalue weighted by atomic mass is 16.5. The standard InChI is InChI=1S/C27H37N5O.C2H6.C2H2.CH4N2/c1-11-23(15-18(3)20(5)22(7)33-27(8,9)10)17-30-21(6)24-13-14-25(19(4)16-28)32(29)26(12-2)31-24;2*1-2;2-1-3/h11-12,14-15,30H,1,4,6-7,13,17,29H2,2-3,5,8-10H3;1-2H3;1-2H;1H,(H3,2,3)/b20-18+,23-15+,26-12-;;;. The molecule has 1 rings (SSSR count). The van der Waals surface area contributed by atoms with Gasteiger partial charge in [0.1, 0.15) is 23.3 Å². The Kier molecular flexibility index (Phi) is 21.4. The second-order valence-corrected chi connectivity index (χ2v) is 8.83. The molecule has 8 nitrogen and oxygen atoms in total. The molecule has 0 fully saturated rings. The first kappa shape index (κ1) is 40.0. The lowest BCUT2D eigenvalue weighted by atomic mass is 10.1. The molecule has 0 unspecified atom stereocenters. The number of aliphatic imine (C=N–C) groups is 1. The summed E-state index contributed by atoms with van der Waals surface area (Å²) in [5.41, 5.74) is 9.26. The number of nitrogens with one attached hydrogen (secondary N) is 2. The quantitative estimate of drug-likeness (QED) is 0.0492. The maximum absolute atomic E-state index is 9.21. The van der Waals surface area contributed by atoms with E-state index in [1.54, 1.807) is 12.2 Å². The summed E-state index contributed by atoms with van der Waals surface area (Å²) >= 11 is 0. The fraction of sp³-hybridized carbons (Fsp3) is 0.344. The monoisotopic (exact) mass is 547 g/mol. The molecule has 0 bridgehead atoms. The zero-order chi connectivity index (χ0) is 32.1. The molecule has 0 amide bonds. The lowest BCUT2D eigenvalue weighted by Crippen LogP contribution is -2.29. The van der Waals surface area contributed by atoms with E-state index in [1.807, 2.05) is 73.6 Å². The van der Waals surface area contributed by atoms with Crippen LogP contribution >= 0.6 is 0 Å². The summed E-state index contributed by atoms with van der Waals surface area (Å²) in [5, 5.41) is 19.8. The second-order valence-electron chi connectivity index (χ2n) is 8.83. The molecule has 0 aromatic heterocycles. The van der Waals surface area contributed by atoms with Crippen molar-refractivity contribution < 1.29 is 4.74 Å². The Morgan fingerprint density at radius 1 is 1.27 bits per heavy atom. The first-order valence-corrected chi connectivity index (χ1v) is 12.7. The van der Waals surface area contributed by atoms with Gasteiger partial charge in [0.2, 0.25) is 0 Å². The summed E-state index contributed by atoms with van der Waals surface area (Å²) in [6, 6.07) is 2.04. The highest BCUT2D eigenvalue weighted by Crippen LogP contribution is 2.23. The molecule has 1 aliphatic rings. The zero-order valence-corrected chi connectivity index (χ0v) is 25.7. The number of allylic oxidation sites excluding steroid dienone is 7. The average Bonchev–Trinajstić information content (AvgIpc) is 3.10. The lowest BCUT2D eigenvalue weighted by molar-refractivity contribution is 0.0581. The van der Waals surface area contributed by atoms with Crippen molar-refractivity contribution in [2.45, 2.75) is 67.4 Å². The first-order valence-electron chi connectivity index (χ1n) is 12.7. The fourth-order valence-corrected chi connectivity index (χ4v) is 2.92. The second kappa shape index (κ2) is 21.4. The Labute approximate surface area is 243 Å². The van der Waals surface area contributed by atoms with E-state index < -0.39 is 0 Å². The summed E-state index contributed by atoms with van der Waals surface area (Å²) in [6.07, 6.45) is 16.7. The van der Waals surface area contributed by atoms with Crippen molar-refractivity contribution in [2.75, 3.05) is 6.54 Å². The summed E-state index contributed by atoms with van der Waals surface area (Å²) in [7, 11) is 0. The third-order valence-electron chi connectivity index (χ3n) is 4.90. The maximum atomic E-state index is 9.21. The van der Waals surface area contributed by atoms with Crippen LogP contribution in [0.15, 0.2) is 101 Å². The minimum absolute atomic E-state index is 0.276. The maximum Gasteiger partial charge on any atom is 0.143 e. The smallest absolute Gasteiger partial charge is 0.143 e. The van der Waals surface area contributed by atoms with E-state index in [2.05, 4.69) is 55.2 Å². The van der Waals surface area contributed by atoms with E-state index >= 15 is 0 Å². The predicted octanol–water partition coefficient (Wildman–Crippen LogP) is 6.54. The van der Waals surface area contributed by atoms with Crippen LogP contribution in [0.5, 0.6) is 0 Å². The van der Waals surface area contributed by atoms with Gasteiger partial charge in [0, 0.05) is 18.7 Å². The van der Waals surface area contributed by atoms with Gasteiger partial charge in [0.05, 0.1) is 23.3 Å². The fourth-order valence-electron chi connectivity index (χ4n) is 2.92. The Morgan fingerprint density at radius 3 is 2.23 bits per heavy atom. The van der Waals surface area contributed by atoms with E-state index in [4.69, 9.17) is 16.0 Å². The summed E-state index contributed by atoms with van der Waals surface area (Å²) in [4.78, 5) is 4.62. The molecule has 8 heteroatoms. The van der Waals surface area contributed by atoms with E-state index in [0.717, 1.165) is 28.8 Å². The topological polar surface area (TPSA) is 137 Å². The van der Waals surface area contributed by atoms with E-state index in [-0.39, 0.29) is 11.2 Å². The number of terminal acetylenes is 1. The predicted molar refractivity (Wildman–Crippen MR) is 173 cm³/mol. The molecular formula is C32H49N7O. The molecule has 1 heterocycles. The molecule has 40 heavy (non-hydrogen) atoms. The average molecular weight is 548 g/mol. The van der Waals surface area contributed by atoms with Gasteiger partial charge in [0.25, 0.3) is 0 Å². The van der Waals surface area contributed by atoms with E-state index in [1.165, 1.54) is 5.01 Å². The van der Waals surface area contributed by atoms with Gasteiger partial charge in [-0.2, -0.15) is 5.26 Å². The number of nitrogens with zero attached hydrogens (tertiary/aromatic N) is 3. The molecule has 1 aliphatic heterocycles. The number of nitrogens with two attached hydrogens (primary N) is 2. The summed E-state index contributed by atoms with van der Waals surface area (Å²) in [5.74, 6) is 7.31. The number of ether oxygens (including phenoxy) is 1. The largest absolute Gasteiger partial charge is 0.488 e. The lowest BCUT2D eigenvalue weighted by Gasteiger charge is -2.23. The van der Waals surface area contributed by atoms with Crippen molar-refractivity contribution in [3.05, 3.63) is 95.9 Å². The first-order chi connectivity index (χ1) is 18.8. The highest BCUT2D eigenvalue weighted by Gasteiger charge is 2.19. The Hall–Kier alpha value is -4.53. The van der Waals surface area contributed by atoms with E-state index in [9.17, 15) is 5.26 Å². The molecule has 0 spiro atoms. The summed E-state index contributed by atoms with van der Waals surface area (Å²) < 4.78 is 5.88. The normalized spacial score (nSPS) is 14.2. The van der Waals surface area contributed by atoms with Crippen molar-refractivity contribution in [1.29, 1.82) is 10.7 Å². The minimum atomic E-state index is -0.304. The number of hydrogen-bond acceptors (Lipinski definition) is 7. The van der Waals surface area contributed by atoms with Gasteiger partial charge < -0.3 is 15.8 Å². The molecule has 0 saturated heterocycles. The molecule has 218 valence electrons. The highest BCUT2D eigenvalue weighted by molar-refractivity contribution is 6.01. The van der Waals surface area contributed by atoms with Gasteiger partial charge in [-0.1, -0.05) is 58.4 Å². The van der Waals surface area contributed by atoms with Crippen LogP contribution in [0, 0.1) is 29.6 Å². The van der Waals surface area contributed by atoms with Gasteiger partial charge in [-0.15, -0.1) is 12.8 Å². The van der Waals surface area contributed by atoms with Crippen LogP contribution in [0.4, 0.5) is 0 Å². The van der Waals surface area contributed by atoms with Gasteiger partial charge >= 0.3 is 0 Å². The summed E-state index contributed by atoms with van der Waals surface area (Å²) in [6.45, 7) is 32.2. The van der Waals surface area contributed by atoms with Crippen LogP contribution in [0.25, 0.3) is 0 Å². The number of rotatable bonds is 9. The van der Waals surface area contributed by atoms with E-state index in [0.29, 0.717) is 35.9 Å². The Balaban J connectivity index is -0.00000178. The van der Waals surface area contributed by atoms with Crippen molar-refractivity contribution in [1.82, 2.24) is 10.3 Å². The molecule has 0 saturated carbocycles. The molecular weight excluding hydrogens is 498 g/mol. The van der Waals surface area contributed by atoms with Crippen LogP contribution in [0.3, 0.4) is 0 Å². The number of hydrazine groups is 1. The van der Waals surface area contributed by atoms with Crippen molar-refractivity contribution in [3.8, 4) is 18.9 Å². The zero-order valence-electron chi connectivity index (χ0n) is 25.7. The Morgan fingerprint density at radius 2 is 1.80 bits per heavy atom. The van der Waals surface area contributed by atoms with Crippen molar-refractivity contribution in [3.63, 3.8) is 0 Å². The van der Waals surface area contributed by atoms with Gasteiger partial charge in [-0.05, 0) is 64.3 Å². The van der Waals surface area contributed by atoms with Crippen molar-refractivity contribution >= 4 is 12.1 Å². The SMILES string of the molecule is C#C.C=C/C(=C\C(C)=C(/C)C(=C)OC(C)(C)C)CNC(=C)C1=N/C(=C/C)N(N)C(C(=C)C#N)=CC1.CC.N=CN. The van der Waals surface area contributed by atoms with Gasteiger partial charge in [-0.25, -0.2) is 10.8 Å². The molecule has 0 aromatic carbocycles. The third kappa shape index (κ3) is 15.0. The molecule has 0 aliphatic carbocycles. The van der Waals surface area contributed by atoms with Gasteiger partial charge in [-0.3, -0.25) is 10.4 Å². The molecule has 0 atom stereocenters. The minimum Gasteiger partial charge on any atom is -0.488 e.